The van der Waals surface area contributed by atoms with E-state index in [2.05, 4.69) is 52.1 Å². The van der Waals surface area contributed by atoms with Gasteiger partial charge in [-0.3, -0.25) is 14.2 Å². The van der Waals surface area contributed by atoms with E-state index in [1.807, 2.05) is 30.3 Å². The lowest BCUT2D eigenvalue weighted by Crippen LogP contribution is -2.22. The third kappa shape index (κ3) is 3.46. The van der Waals surface area contributed by atoms with Gasteiger partial charge in [0.15, 0.2) is 4.96 Å². The highest BCUT2D eigenvalue weighted by molar-refractivity contribution is 7.23. The maximum Gasteiger partial charge on any atom is 0.251 e. The molecule has 5 nitrogen and oxygen atoms in total. The molecule has 0 saturated heterocycles. The summed E-state index contributed by atoms with van der Waals surface area (Å²) < 4.78 is 3.14. The van der Waals surface area contributed by atoms with E-state index in [0.29, 0.717) is 12.1 Å². The monoisotopic (exact) mass is 412 g/mol. The summed E-state index contributed by atoms with van der Waals surface area (Å²) in [6, 6.07) is 18.1. The molecular weight excluding hydrogens is 392 g/mol. The molecule has 0 radical (unpaired) electrons. The van der Waals surface area contributed by atoms with Crippen LogP contribution in [0.15, 0.2) is 73.2 Å². The van der Waals surface area contributed by atoms with Gasteiger partial charge >= 0.3 is 0 Å². The molecule has 3 heterocycles. The molecule has 0 bridgehead atoms. The third-order valence-corrected chi connectivity index (χ3v) is 6.21. The predicted octanol–water partition coefficient (Wildman–Crippen LogP) is 5.10. The first-order valence-electron chi connectivity index (χ1n) is 9.89. The van der Waals surface area contributed by atoms with Gasteiger partial charge in [0.05, 0.1) is 15.9 Å². The highest BCUT2D eigenvalue weighted by Crippen LogP contribution is 2.30. The molecule has 0 atom stereocenters. The van der Waals surface area contributed by atoms with E-state index in [-0.39, 0.29) is 5.91 Å². The minimum atomic E-state index is -0.0940. The van der Waals surface area contributed by atoms with Crippen molar-refractivity contribution in [1.29, 1.82) is 0 Å². The van der Waals surface area contributed by atoms with Gasteiger partial charge in [0.25, 0.3) is 5.91 Å². The normalized spacial score (nSPS) is 11.2. The van der Waals surface area contributed by atoms with Gasteiger partial charge in [-0.25, -0.2) is 4.98 Å². The Morgan fingerprint density at radius 2 is 1.97 bits per heavy atom. The van der Waals surface area contributed by atoms with Crippen molar-refractivity contribution in [3.63, 3.8) is 0 Å². The molecule has 0 spiro atoms. The summed E-state index contributed by atoms with van der Waals surface area (Å²) in [4.78, 5) is 22.4. The number of amides is 1. The zero-order chi connectivity index (χ0) is 20.5. The lowest BCUT2D eigenvalue weighted by atomic mass is 10.1. The molecule has 0 aliphatic rings. The molecule has 0 aliphatic carbocycles. The summed E-state index contributed by atoms with van der Waals surface area (Å²) >= 11 is 1.59. The van der Waals surface area contributed by atoms with Crippen LogP contribution >= 0.6 is 11.3 Å². The fourth-order valence-corrected chi connectivity index (χ4v) is 4.53. The summed E-state index contributed by atoms with van der Waals surface area (Å²) in [6.45, 7) is 2.61. The number of aryl methyl sites for hydroxylation is 1. The number of carbonyl (C=O) groups excluding carboxylic acids is 1. The standard InChI is InChI=1S/C24H20N4OS/c1-2-16-5-7-18(8-6-16)20-15-28-21-10-9-19(12-22(21)30-24(28)27-20)23(29)26-14-17-4-3-11-25-13-17/h3-13,15H,2,14H2,1H3,(H,26,29). The highest BCUT2D eigenvalue weighted by atomic mass is 32.1. The average molecular weight is 413 g/mol. The van der Waals surface area contributed by atoms with E-state index in [0.717, 1.165) is 38.4 Å². The summed E-state index contributed by atoms with van der Waals surface area (Å²) in [5, 5.41) is 2.95. The maximum atomic E-state index is 12.6. The van der Waals surface area contributed by atoms with E-state index < -0.39 is 0 Å². The van der Waals surface area contributed by atoms with E-state index in [1.165, 1.54) is 5.56 Å². The van der Waals surface area contributed by atoms with Gasteiger partial charge in [-0.1, -0.05) is 48.6 Å². The number of hydrogen-bond acceptors (Lipinski definition) is 4. The smallest absolute Gasteiger partial charge is 0.251 e. The van der Waals surface area contributed by atoms with Gasteiger partial charge in [0.2, 0.25) is 0 Å². The van der Waals surface area contributed by atoms with Crippen molar-refractivity contribution in [1.82, 2.24) is 19.7 Å². The Labute approximate surface area is 178 Å². The van der Waals surface area contributed by atoms with Crippen molar-refractivity contribution in [2.75, 3.05) is 0 Å². The number of rotatable bonds is 5. The van der Waals surface area contributed by atoms with Gasteiger partial charge in [0, 0.05) is 36.3 Å². The molecule has 148 valence electrons. The van der Waals surface area contributed by atoms with E-state index in [4.69, 9.17) is 4.98 Å². The first-order chi connectivity index (χ1) is 14.7. The summed E-state index contributed by atoms with van der Waals surface area (Å²) in [5.41, 5.74) is 6.07. The number of fused-ring (bicyclic) bond motifs is 3. The van der Waals surface area contributed by atoms with E-state index in [9.17, 15) is 4.79 Å². The van der Waals surface area contributed by atoms with Gasteiger partial charge < -0.3 is 5.32 Å². The molecular formula is C24H20N4OS. The Morgan fingerprint density at radius 1 is 1.10 bits per heavy atom. The molecule has 0 aliphatic heterocycles. The highest BCUT2D eigenvalue weighted by Gasteiger charge is 2.13. The van der Waals surface area contributed by atoms with Gasteiger partial charge in [-0.15, -0.1) is 0 Å². The molecule has 0 fully saturated rings. The van der Waals surface area contributed by atoms with Crippen LogP contribution in [0.3, 0.4) is 0 Å². The van der Waals surface area contributed by atoms with Crippen molar-refractivity contribution in [3.05, 3.63) is 89.9 Å². The first kappa shape index (κ1) is 18.5. The molecule has 2 aromatic carbocycles. The molecule has 5 rings (SSSR count). The van der Waals surface area contributed by atoms with Gasteiger partial charge in [0.1, 0.15) is 0 Å². The third-order valence-electron chi connectivity index (χ3n) is 5.19. The topological polar surface area (TPSA) is 59.3 Å². The number of thiazole rings is 1. The quantitative estimate of drug-likeness (QED) is 0.437. The minimum absolute atomic E-state index is 0.0940. The van der Waals surface area contributed by atoms with E-state index >= 15 is 0 Å². The van der Waals surface area contributed by atoms with Crippen LogP contribution in [-0.4, -0.2) is 20.3 Å². The second kappa shape index (κ2) is 7.72. The minimum Gasteiger partial charge on any atom is -0.348 e. The van der Waals surface area contributed by atoms with Crippen molar-refractivity contribution in [3.8, 4) is 11.3 Å². The second-order valence-corrected chi connectivity index (χ2v) is 8.17. The number of pyridine rings is 1. The van der Waals surface area contributed by atoms with Crippen LogP contribution in [0.5, 0.6) is 0 Å². The molecule has 3 aromatic heterocycles. The number of hydrogen-bond donors (Lipinski definition) is 1. The number of aromatic nitrogens is 3. The lowest BCUT2D eigenvalue weighted by molar-refractivity contribution is 0.0951. The Balaban J connectivity index is 1.40. The molecule has 0 saturated carbocycles. The first-order valence-corrected chi connectivity index (χ1v) is 10.7. The molecule has 0 unspecified atom stereocenters. The predicted molar refractivity (Wildman–Crippen MR) is 121 cm³/mol. The van der Waals surface area contributed by atoms with Crippen LogP contribution in [0.25, 0.3) is 26.4 Å². The van der Waals surface area contributed by atoms with E-state index in [1.54, 1.807) is 23.7 Å². The van der Waals surface area contributed by atoms with Crippen molar-refractivity contribution in [2.24, 2.45) is 0 Å². The Hall–Kier alpha value is -3.51. The Bertz CT molecular complexity index is 1340. The zero-order valence-electron chi connectivity index (χ0n) is 16.5. The van der Waals surface area contributed by atoms with Crippen LogP contribution in [0.2, 0.25) is 0 Å². The average Bonchev–Trinajstić information content (AvgIpc) is 3.36. The number of nitrogens with one attached hydrogen (secondary N) is 1. The fourth-order valence-electron chi connectivity index (χ4n) is 3.48. The van der Waals surface area contributed by atoms with Crippen molar-refractivity contribution < 1.29 is 4.79 Å². The van der Waals surface area contributed by atoms with Gasteiger partial charge in [-0.05, 0) is 41.8 Å². The van der Waals surface area contributed by atoms with Crippen LogP contribution in [-0.2, 0) is 13.0 Å². The Kier molecular flexibility index (Phi) is 4.77. The molecule has 1 amide bonds. The molecule has 1 N–H and O–H groups in total. The number of benzene rings is 2. The lowest BCUT2D eigenvalue weighted by Gasteiger charge is -2.05. The molecule has 6 heteroatoms. The van der Waals surface area contributed by atoms with Crippen molar-refractivity contribution >= 4 is 32.4 Å². The number of carbonyl (C=O) groups is 1. The SMILES string of the molecule is CCc1ccc(-c2cn3c(n2)sc2cc(C(=O)NCc4cccnc4)ccc23)cc1. The van der Waals surface area contributed by atoms with Crippen LogP contribution in [0.1, 0.15) is 28.4 Å². The molecule has 5 aromatic rings. The Morgan fingerprint density at radius 3 is 2.73 bits per heavy atom. The number of nitrogens with zero attached hydrogens (tertiary/aromatic N) is 3. The van der Waals surface area contributed by atoms with Crippen LogP contribution in [0, 0.1) is 0 Å². The zero-order valence-corrected chi connectivity index (χ0v) is 17.3. The van der Waals surface area contributed by atoms with Crippen LogP contribution in [0.4, 0.5) is 0 Å². The summed E-state index contributed by atoms with van der Waals surface area (Å²) in [6.07, 6.45) is 6.57. The van der Waals surface area contributed by atoms with Gasteiger partial charge in [-0.2, -0.15) is 0 Å². The summed E-state index contributed by atoms with van der Waals surface area (Å²) in [7, 11) is 0. The van der Waals surface area contributed by atoms with Crippen LogP contribution < -0.4 is 5.32 Å². The fraction of sp³-hybridized carbons (Fsp3) is 0.125. The second-order valence-electron chi connectivity index (χ2n) is 7.16. The van der Waals surface area contributed by atoms with Crippen molar-refractivity contribution in [2.45, 2.75) is 19.9 Å². The maximum absolute atomic E-state index is 12.6. The molecule has 30 heavy (non-hydrogen) atoms. The largest absolute Gasteiger partial charge is 0.348 e. The summed E-state index contributed by atoms with van der Waals surface area (Å²) in [5.74, 6) is -0.0940. The number of imidazole rings is 1.